The van der Waals surface area contributed by atoms with Gasteiger partial charge in [-0.25, -0.2) is 0 Å². The van der Waals surface area contributed by atoms with E-state index in [4.69, 9.17) is 17.0 Å². The molecule has 1 aliphatic heterocycles. The first-order valence-electron chi connectivity index (χ1n) is 9.05. The Morgan fingerprint density at radius 3 is 2.44 bits per heavy atom. The zero-order chi connectivity index (χ0) is 19.6. The molecular formula is C22H24N2O2S. The molecule has 1 atom stereocenters. The van der Waals surface area contributed by atoms with E-state index < -0.39 is 0 Å². The van der Waals surface area contributed by atoms with E-state index in [0.29, 0.717) is 5.11 Å². The number of Topliss-reactive ketones (excluding diaryl/α,β-unsaturated/α-hetero) is 1. The lowest BCUT2D eigenvalue weighted by Gasteiger charge is -2.37. The Morgan fingerprint density at radius 1 is 1.15 bits per heavy atom. The molecule has 0 radical (unpaired) electrons. The van der Waals surface area contributed by atoms with Crippen LogP contribution in [0.3, 0.4) is 0 Å². The maximum absolute atomic E-state index is 12.3. The highest BCUT2D eigenvalue weighted by Gasteiger charge is 2.31. The lowest BCUT2D eigenvalue weighted by atomic mass is 9.92. The predicted octanol–water partition coefficient (Wildman–Crippen LogP) is 4.90. The summed E-state index contributed by atoms with van der Waals surface area (Å²) in [6.45, 7) is 8.34. The fraction of sp³-hybridized carbons (Fsp3) is 0.273. The van der Waals surface area contributed by atoms with Gasteiger partial charge >= 0.3 is 0 Å². The fourth-order valence-electron chi connectivity index (χ4n) is 3.41. The second kappa shape index (κ2) is 7.92. The first-order chi connectivity index (χ1) is 12.9. The highest BCUT2D eigenvalue weighted by Crippen LogP contribution is 2.32. The van der Waals surface area contributed by atoms with Gasteiger partial charge in [0.2, 0.25) is 0 Å². The van der Waals surface area contributed by atoms with Crippen LogP contribution in [0.4, 0.5) is 0 Å². The monoisotopic (exact) mass is 380 g/mol. The molecule has 27 heavy (non-hydrogen) atoms. The van der Waals surface area contributed by atoms with Gasteiger partial charge in [-0.15, -0.1) is 0 Å². The van der Waals surface area contributed by atoms with E-state index in [-0.39, 0.29) is 11.8 Å². The van der Waals surface area contributed by atoms with Crippen molar-refractivity contribution in [3.63, 3.8) is 0 Å². The zero-order valence-electron chi connectivity index (χ0n) is 16.1. The Morgan fingerprint density at radius 2 is 1.85 bits per heavy atom. The molecule has 1 aliphatic rings. The number of benzene rings is 2. The van der Waals surface area contributed by atoms with Crippen LogP contribution in [-0.4, -0.2) is 22.3 Å². The molecule has 0 fully saturated rings. The van der Waals surface area contributed by atoms with E-state index in [0.717, 1.165) is 40.4 Å². The van der Waals surface area contributed by atoms with E-state index in [2.05, 4.69) is 5.32 Å². The summed E-state index contributed by atoms with van der Waals surface area (Å²) < 4.78 is 5.92. The van der Waals surface area contributed by atoms with Crippen molar-refractivity contribution >= 4 is 23.1 Å². The van der Waals surface area contributed by atoms with Crippen LogP contribution < -0.4 is 10.1 Å². The molecule has 0 saturated heterocycles. The molecule has 2 aromatic rings. The zero-order valence-corrected chi connectivity index (χ0v) is 16.9. The summed E-state index contributed by atoms with van der Waals surface area (Å²) in [5.74, 6) is 1.60. The second-order valence-electron chi connectivity index (χ2n) is 6.67. The van der Waals surface area contributed by atoms with Gasteiger partial charge < -0.3 is 15.0 Å². The summed E-state index contributed by atoms with van der Waals surface area (Å²) in [6, 6.07) is 15.5. The van der Waals surface area contributed by atoms with E-state index >= 15 is 0 Å². The Hall–Kier alpha value is -2.66. The van der Waals surface area contributed by atoms with Crippen molar-refractivity contribution in [2.75, 3.05) is 6.54 Å². The van der Waals surface area contributed by atoms with E-state index in [1.807, 2.05) is 74.2 Å². The van der Waals surface area contributed by atoms with Crippen molar-refractivity contribution in [2.45, 2.75) is 33.7 Å². The quantitative estimate of drug-likeness (QED) is 0.747. The van der Waals surface area contributed by atoms with Gasteiger partial charge in [0.25, 0.3) is 0 Å². The van der Waals surface area contributed by atoms with Crippen LogP contribution in [0.5, 0.6) is 11.5 Å². The summed E-state index contributed by atoms with van der Waals surface area (Å²) in [7, 11) is 0. The summed E-state index contributed by atoms with van der Waals surface area (Å²) in [5, 5.41) is 3.95. The number of ether oxygens (including phenoxy) is 1. The molecular weight excluding hydrogens is 356 g/mol. The molecule has 0 aromatic heterocycles. The van der Waals surface area contributed by atoms with Gasteiger partial charge in [0.05, 0.1) is 6.04 Å². The molecule has 4 nitrogen and oxygen atoms in total. The maximum Gasteiger partial charge on any atom is 0.173 e. The van der Waals surface area contributed by atoms with E-state index in [1.165, 1.54) is 0 Å². The third-order valence-electron chi connectivity index (χ3n) is 4.73. The van der Waals surface area contributed by atoms with Gasteiger partial charge in [0, 0.05) is 17.8 Å². The van der Waals surface area contributed by atoms with Crippen molar-refractivity contribution in [2.24, 2.45) is 0 Å². The van der Waals surface area contributed by atoms with E-state index in [1.54, 1.807) is 6.92 Å². The Kier molecular flexibility index (Phi) is 5.61. The largest absolute Gasteiger partial charge is 0.457 e. The minimum absolute atomic E-state index is 0.0473. The molecule has 0 aliphatic carbocycles. The highest BCUT2D eigenvalue weighted by atomic mass is 32.1. The van der Waals surface area contributed by atoms with Gasteiger partial charge in [-0.3, -0.25) is 4.79 Å². The molecule has 0 amide bonds. The molecule has 1 unspecified atom stereocenters. The number of carbonyl (C=O) groups is 1. The van der Waals surface area contributed by atoms with Gasteiger partial charge in [-0.1, -0.05) is 24.3 Å². The SMILES string of the molecule is CCN1C(=S)NC(c2ccc(Oc3cccc(C)c3)cc2)C(C(C)=O)=C1C. The molecule has 1 N–H and O–H groups in total. The molecule has 1 heterocycles. The average Bonchev–Trinajstić information content (AvgIpc) is 2.62. The van der Waals surface area contributed by atoms with Crippen molar-refractivity contribution in [1.29, 1.82) is 0 Å². The topological polar surface area (TPSA) is 41.6 Å². The van der Waals surface area contributed by atoms with Crippen molar-refractivity contribution < 1.29 is 9.53 Å². The lowest BCUT2D eigenvalue weighted by Crippen LogP contribution is -2.47. The van der Waals surface area contributed by atoms with Crippen LogP contribution >= 0.6 is 12.2 Å². The summed E-state index contributed by atoms with van der Waals surface area (Å²) in [4.78, 5) is 14.3. The number of aryl methyl sites for hydroxylation is 1. The van der Waals surface area contributed by atoms with Crippen LogP contribution in [0.1, 0.15) is 37.9 Å². The van der Waals surface area contributed by atoms with Crippen LogP contribution in [0, 0.1) is 6.92 Å². The first kappa shape index (κ1) is 19.1. The Labute approximate surface area is 165 Å². The number of nitrogens with one attached hydrogen (secondary N) is 1. The van der Waals surface area contributed by atoms with Crippen LogP contribution in [0.2, 0.25) is 0 Å². The number of hydrogen-bond donors (Lipinski definition) is 1. The third-order valence-corrected chi connectivity index (χ3v) is 5.07. The molecule has 140 valence electrons. The molecule has 0 saturated carbocycles. The summed E-state index contributed by atoms with van der Waals surface area (Å²) >= 11 is 5.49. The maximum atomic E-state index is 12.3. The second-order valence-corrected chi connectivity index (χ2v) is 7.06. The highest BCUT2D eigenvalue weighted by molar-refractivity contribution is 7.80. The number of allylic oxidation sites excluding steroid dienone is 1. The van der Waals surface area contributed by atoms with Crippen molar-refractivity contribution in [3.05, 3.63) is 70.9 Å². The first-order valence-corrected chi connectivity index (χ1v) is 9.45. The van der Waals surface area contributed by atoms with Gasteiger partial charge in [0.15, 0.2) is 10.9 Å². The molecule has 5 heteroatoms. The average molecular weight is 381 g/mol. The Bertz CT molecular complexity index is 903. The van der Waals surface area contributed by atoms with Gasteiger partial charge in [-0.2, -0.15) is 0 Å². The number of ketones is 1. The minimum atomic E-state index is -0.245. The fourth-order valence-corrected chi connectivity index (χ4v) is 3.80. The Balaban J connectivity index is 1.88. The van der Waals surface area contributed by atoms with Crippen LogP contribution in [0.25, 0.3) is 0 Å². The third kappa shape index (κ3) is 4.03. The van der Waals surface area contributed by atoms with Gasteiger partial charge in [0.1, 0.15) is 11.5 Å². The number of carbonyl (C=O) groups excluding carboxylic acids is 1. The smallest absolute Gasteiger partial charge is 0.173 e. The minimum Gasteiger partial charge on any atom is -0.457 e. The van der Waals surface area contributed by atoms with E-state index in [9.17, 15) is 4.79 Å². The summed E-state index contributed by atoms with van der Waals surface area (Å²) in [6.07, 6.45) is 0. The van der Waals surface area contributed by atoms with Crippen LogP contribution in [0.15, 0.2) is 59.8 Å². The number of nitrogens with zero attached hydrogens (tertiary/aromatic N) is 1. The number of hydrogen-bond acceptors (Lipinski definition) is 3. The summed E-state index contributed by atoms with van der Waals surface area (Å²) in [5.41, 5.74) is 3.79. The standard InChI is InChI=1S/C22H24N2O2S/c1-5-24-15(3)20(16(4)25)21(23-22(24)27)17-9-11-18(12-10-17)26-19-8-6-7-14(2)13-19/h6-13,21H,5H2,1-4H3,(H,23,27). The predicted molar refractivity (Wildman–Crippen MR) is 112 cm³/mol. The number of rotatable bonds is 5. The molecule has 3 rings (SSSR count). The number of thiocarbonyl (C=S) groups is 1. The molecule has 2 aromatic carbocycles. The van der Waals surface area contributed by atoms with Gasteiger partial charge in [-0.05, 0) is 75.3 Å². The molecule has 0 spiro atoms. The molecule has 0 bridgehead atoms. The van der Waals surface area contributed by atoms with Crippen molar-refractivity contribution in [3.8, 4) is 11.5 Å². The van der Waals surface area contributed by atoms with Crippen LogP contribution in [-0.2, 0) is 4.79 Å². The van der Waals surface area contributed by atoms with Crippen molar-refractivity contribution in [1.82, 2.24) is 10.2 Å². The normalized spacial score (nSPS) is 17.0. The lowest BCUT2D eigenvalue weighted by molar-refractivity contribution is -0.114.